The molecule has 0 aliphatic heterocycles. The highest BCUT2D eigenvalue weighted by Crippen LogP contribution is 2.35. The molecular weight excluding hydrogens is 245 g/mol. The van der Waals surface area contributed by atoms with Crippen molar-refractivity contribution >= 4 is 5.69 Å². The van der Waals surface area contributed by atoms with Crippen molar-refractivity contribution in [2.75, 3.05) is 12.4 Å². The van der Waals surface area contributed by atoms with Crippen molar-refractivity contribution in [3.8, 4) is 5.75 Å². The number of imidazole rings is 1. The zero-order valence-corrected chi connectivity index (χ0v) is 10.8. The Balaban J connectivity index is 1.70. The van der Waals surface area contributed by atoms with Crippen LogP contribution >= 0.6 is 0 Å². The van der Waals surface area contributed by atoms with Gasteiger partial charge in [0.25, 0.3) is 0 Å². The standard InChI is InChI=1S/C14H16FN3O/c1-19-14-6-10(2-5-13(14)15)17-8-12-7-16-9-18(12)11-3-4-11/h2,5-7,9,11,17H,3-4,8H2,1H3. The molecule has 100 valence electrons. The molecule has 4 nitrogen and oxygen atoms in total. The molecule has 3 rings (SSSR count). The average Bonchev–Trinajstić information content (AvgIpc) is 3.17. The van der Waals surface area contributed by atoms with E-state index < -0.39 is 0 Å². The SMILES string of the molecule is COc1cc(NCc2cncn2C2CC2)ccc1F. The lowest BCUT2D eigenvalue weighted by molar-refractivity contribution is 0.387. The molecule has 0 atom stereocenters. The molecule has 0 saturated heterocycles. The lowest BCUT2D eigenvalue weighted by Crippen LogP contribution is -2.06. The molecule has 5 heteroatoms. The maximum atomic E-state index is 13.3. The molecule has 1 saturated carbocycles. The maximum absolute atomic E-state index is 13.3. The summed E-state index contributed by atoms with van der Waals surface area (Å²) in [7, 11) is 1.46. The Bertz CT molecular complexity index is 578. The van der Waals surface area contributed by atoms with Gasteiger partial charge in [-0.1, -0.05) is 0 Å². The summed E-state index contributed by atoms with van der Waals surface area (Å²) in [5, 5.41) is 3.26. The molecule has 1 N–H and O–H groups in total. The van der Waals surface area contributed by atoms with E-state index >= 15 is 0 Å². The second-order valence-corrected chi connectivity index (χ2v) is 4.73. The molecule has 1 aliphatic carbocycles. The number of nitrogens with zero attached hydrogens (tertiary/aromatic N) is 2. The van der Waals surface area contributed by atoms with E-state index in [-0.39, 0.29) is 11.6 Å². The van der Waals surface area contributed by atoms with Crippen LogP contribution in [0.15, 0.2) is 30.7 Å². The molecule has 19 heavy (non-hydrogen) atoms. The Morgan fingerprint density at radius 1 is 1.47 bits per heavy atom. The number of benzene rings is 1. The number of rotatable bonds is 5. The molecule has 0 radical (unpaired) electrons. The van der Waals surface area contributed by atoms with E-state index in [1.807, 2.05) is 12.5 Å². The molecular formula is C14H16FN3O. The highest BCUT2D eigenvalue weighted by atomic mass is 19.1. The van der Waals surface area contributed by atoms with Crippen molar-refractivity contribution in [3.63, 3.8) is 0 Å². The minimum absolute atomic E-state index is 0.251. The fourth-order valence-electron chi connectivity index (χ4n) is 2.11. The number of methoxy groups -OCH3 is 1. The summed E-state index contributed by atoms with van der Waals surface area (Å²) in [4.78, 5) is 4.18. The van der Waals surface area contributed by atoms with Crippen LogP contribution < -0.4 is 10.1 Å². The summed E-state index contributed by atoms with van der Waals surface area (Å²) in [6.45, 7) is 0.672. The third kappa shape index (κ3) is 2.54. The number of anilines is 1. The number of aromatic nitrogens is 2. The van der Waals surface area contributed by atoms with Gasteiger partial charge in [0.15, 0.2) is 11.6 Å². The van der Waals surface area contributed by atoms with Gasteiger partial charge in [0.2, 0.25) is 0 Å². The fraction of sp³-hybridized carbons (Fsp3) is 0.357. The van der Waals surface area contributed by atoms with E-state index in [1.54, 1.807) is 12.1 Å². The number of hydrogen-bond acceptors (Lipinski definition) is 3. The summed E-state index contributed by atoms with van der Waals surface area (Å²) in [5.41, 5.74) is 1.98. The second kappa shape index (κ2) is 4.91. The Labute approximate surface area is 111 Å². The predicted octanol–water partition coefficient (Wildman–Crippen LogP) is 2.98. The van der Waals surface area contributed by atoms with Crippen LogP contribution in [0.3, 0.4) is 0 Å². The Kier molecular flexibility index (Phi) is 3.11. The summed E-state index contributed by atoms with van der Waals surface area (Å²) >= 11 is 0. The first-order chi connectivity index (χ1) is 9.28. The van der Waals surface area contributed by atoms with Crippen LogP contribution in [0.4, 0.5) is 10.1 Å². The van der Waals surface area contributed by atoms with E-state index in [9.17, 15) is 4.39 Å². The third-order valence-electron chi connectivity index (χ3n) is 3.31. The van der Waals surface area contributed by atoms with E-state index in [0.717, 1.165) is 11.4 Å². The van der Waals surface area contributed by atoms with Crippen LogP contribution in [0, 0.1) is 5.82 Å². The molecule has 2 aromatic rings. The van der Waals surface area contributed by atoms with Crippen LogP contribution in [0.1, 0.15) is 24.6 Å². The summed E-state index contributed by atoms with van der Waals surface area (Å²) in [6, 6.07) is 5.38. The van der Waals surface area contributed by atoms with Gasteiger partial charge in [0.05, 0.1) is 25.7 Å². The lowest BCUT2D eigenvalue weighted by atomic mass is 10.3. The predicted molar refractivity (Wildman–Crippen MR) is 70.8 cm³/mol. The first-order valence-electron chi connectivity index (χ1n) is 6.36. The minimum atomic E-state index is -0.351. The Morgan fingerprint density at radius 2 is 2.32 bits per heavy atom. The molecule has 0 spiro atoms. The van der Waals surface area contributed by atoms with E-state index in [0.29, 0.717) is 12.6 Å². The van der Waals surface area contributed by atoms with Gasteiger partial charge in [0, 0.05) is 24.0 Å². The second-order valence-electron chi connectivity index (χ2n) is 4.73. The van der Waals surface area contributed by atoms with Crippen LogP contribution in [0.25, 0.3) is 0 Å². The Hall–Kier alpha value is -2.04. The van der Waals surface area contributed by atoms with Crippen LogP contribution in [0.5, 0.6) is 5.75 Å². The van der Waals surface area contributed by atoms with Gasteiger partial charge in [-0.25, -0.2) is 9.37 Å². The quantitative estimate of drug-likeness (QED) is 0.899. The topological polar surface area (TPSA) is 39.1 Å². The van der Waals surface area contributed by atoms with E-state index in [1.165, 1.54) is 26.0 Å². The van der Waals surface area contributed by atoms with E-state index in [2.05, 4.69) is 14.9 Å². The van der Waals surface area contributed by atoms with Crippen molar-refractivity contribution in [1.29, 1.82) is 0 Å². The third-order valence-corrected chi connectivity index (χ3v) is 3.31. The van der Waals surface area contributed by atoms with Crippen LogP contribution in [0.2, 0.25) is 0 Å². The lowest BCUT2D eigenvalue weighted by Gasteiger charge is -2.10. The molecule has 0 unspecified atom stereocenters. The maximum Gasteiger partial charge on any atom is 0.165 e. The van der Waals surface area contributed by atoms with Gasteiger partial charge in [0.1, 0.15) is 0 Å². The highest BCUT2D eigenvalue weighted by molar-refractivity contribution is 5.49. The molecule has 0 amide bonds. The smallest absolute Gasteiger partial charge is 0.165 e. The van der Waals surface area contributed by atoms with Crippen LogP contribution in [-0.2, 0) is 6.54 Å². The minimum Gasteiger partial charge on any atom is -0.494 e. The zero-order chi connectivity index (χ0) is 13.2. The first kappa shape index (κ1) is 12.0. The molecule has 1 heterocycles. The monoisotopic (exact) mass is 261 g/mol. The van der Waals surface area contributed by atoms with Crippen molar-refractivity contribution in [2.45, 2.75) is 25.4 Å². The molecule has 0 bridgehead atoms. The molecule has 1 aromatic carbocycles. The zero-order valence-electron chi connectivity index (χ0n) is 10.8. The van der Waals surface area contributed by atoms with Crippen molar-refractivity contribution in [1.82, 2.24) is 9.55 Å². The fourth-order valence-corrected chi connectivity index (χ4v) is 2.11. The number of ether oxygens (including phenoxy) is 1. The van der Waals surface area contributed by atoms with Gasteiger partial charge in [-0.3, -0.25) is 0 Å². The summed E-state index contributed by atoms with van der Waals surface area (Å²) in [6.07, 6.45) is 6.20. The number of halogens is 1. The van der Waals surface area contributed by atoms with Crippen molar-refractivity contribution in [3.05, 3.63) is 42.2 Å². The van der Waals surface area contributed by atoms with Gasteiger partial charge < -0.3 is 14.6 Å². The Morgan fingerprint density at radius 3 is 3.05 bits per heavy atom. The molecule has 1 fully saturated rings. The van der Waals surface area contributed by atoms with Crippen molar-refractivity contribution in [2.24, 2.45) is 0 Å². The first-order valence-corrected chi connectivity index (χ1v) is 6.36. The van der Waals surface area contributed by atoms with Gasteiger partial charge in [-0.2, -0.15) is 0 Å². The molecule has 1 aromatic heterocycles. The normalized spacial score (nSPS) is 14.4. The molecule has 1 aliphatic rings. The van der Waals surface area contributed by atoms with Crippen LogP contribution in [-0.4, -0.2) is 16.7 Å². The van der Waals surface area contributed by atoms with Gasteiger partial charge >= 0.3 is 0 Å². The van der Waals surface area contributed by atoms with E-state index in [4.69, 9.17) is 4.74 Å². The van der Waals surface area contributed by atoms with Crippen molar-refractivity contribution < 1.29 is 9.13 Å². The van der Waals surface area contributed by atoms with Gasteiger partial charge in [-0.15, -0.1) is 0 Å². The highest BCUT2D eigenvalue weighted by Gasteiger charge is 2.24. The summed E-state index contributed by atoms with van der Waals surface area (Å²) in [5.74, 6) is -0.100. The largest absolute Gasteiger partial charge is 0.494 e. The number of hydrogen-bond donors (Lipinski definition) is 1. The summed E-state index contributed by atoms with van der Waals surface area (Å²) < 4.78 is 20.5. The van der Waals surface area contributed by atoms with Gasteiger partial charge in [-0.05, 0) is 25.0 Å². The number of nitrogens with one attached hydrogen (secondary N) is 1. The average molecular weight is 261 g/mol.